The van der Waals surface area contributed by atoms with E-state index in [2.05, 4.69) is 39.9 Å². The number of hydrogen-bond donors (Lipinski definition) is 1. The average Bonchev–Trinajstić information content (AvgIpc) is 3.30. The smallest absolute Gasteiger partial charge is 0.306 e. The molecule has 4 aliphatic rings. The molecule has 0 heterocycles. The Balaban J connectivity index is 1.31. The van der Waals surface area contributed by atoms with Gasteiger partial charge in [-0.15, -0.1) is 0 Å². The van der Waals surface area contributed by atoms with E-state index in [-0.39, 0.29) is 30.2 Å². The topological polar surface area (TPSA) is 72.5 Å². The second-order valence-electron chi connectivity index (χ2n) is 15.8. The van der Waals surface area contributed by atoms with Gasteiger partial charge in [-0.2, -0.15) is 0 Å². The van der Waals surface area contributed by atoms with Gasteiger partial charge in [0.15, 0.2) is 0 Å². The number of unbranched alkanes of at least 4 members (excludes halogenated alkanes) is 4. The van der Waals surface area contributed by atoms with E-state index in [1.54, 1.807) is 0 Å². The van der Waals surface area contributed by atoms with Crippen LogP contribution in [0.3, 0.4) is 0 Å². The fourth-order valence-electron chi connectivity index (χ4n) is 10.8. The van der Waals surface area contributed by atoms with Gasteiger partial charge in [0, 0.05) is 19.4 Å². The average molecular weight is 586 g/mol. The highest BCUT2D eigenvalue weighted by molar-refractivity contribution is 5.81. The van der Waals surface area contributed by atoms with Gasteiger partial charge in [0.1, 0.15) is 11.9 Å². The summed E-state index contributed by atoms with van der Waals surface area (Å²) in [7, 11) is 0. The van der Waals surface area contributed by atoms with E-state index in [1.807, 2.05) is 0 Å². The van der Waals surface area contributed by atoms with E-state index >= 15 is 0 Å². The van der Waals surface area contributed by atoms with Gasteiger partial charge >= 0.3 is 5.97 Å². The number of amides is 1. The lowest BCUT2D eigenvalue weighted by atomic mass is 9.42. The monoisotopic (exact) mass is 585 g/mol. The molecule has 1 amide bonds. The first-order valence-corrected chi connectivity index (χ1v) is 17.9. The molecule has 4 fully saturated rings. The number of Topliss-reactive ketones (excluding diaryl/α,β-unsaturated/α-hetero) is 1. The van der Waals surface area contributed by atoms with E-state index in [0.29, 0.717) is 41.4 Å². The zero-order valence-electron chi connectivity index (χ0n) is 28.0. The number of hydrogen-bond acceptors (Lipinski definition) is 4. The highest BCUT2D eigenvalue weighted by Gasteiger charge is 2.62. The molecule has 0 spiro atoms. The van der Waals surface area contributed by atoms with Gasteiger partial charge in [0.05, 0.1) is 6.42 Å². The SMILES string of the molecule is CCCCCCCNC(=O)CC[C@@H](C)C1CCC2C3C(CC[C@@]21C)[C@@]1(C)CC[C@@H](OC(=O)CCC(C)=O)CC1C[C@@H]3C. The van der Waals surface area contributed by atoms with Crippen molar-refractivity contribution in [3.63, 3.8) is 0 Å². The molecule has 42 heavy (non-hydrogen) atoms. The van der Waals surface area contributed by atoms with Crippen LogP contribution in [0.25, 0.3) is 0 Å². The summed E-state index contributed by atoms with van der Waals surface area (Å²) in [6, 6.07) is 0. The molecule has 240 valence electrons. The highest BCUT2D eigenvalue weighted by atomic mass is 16.5. The van der Waals surface area contributed by atoms with Crippen LogP contribution in [0.15, 0.2) is 0 Å². The Bertz CT molecular complexity index is 933. The first-order chi connectivity index (χ1) is 20.0. The maximum Gasteiger partial charge on any atom is 0.306 e. The fraction of sp³-hybridized carbons (Fsp3) is 0.919. The number of ketones is 1. The van der Waals surface area contributed by atoms with Crippen molar-refractivity contribution >= 4 is 17.7 Å². The van der Waals surface area contributed by atoms with Crippen molar-refractivity contribution in [2.24, 2.45) is 52.3 Å². The molecule has 5 heteroatoms. The summed E-state index contributed by atoms with van der Waals surface area (Å²) >= 11 is 0. The largest absolute Gasteiger partial charge is 0.462 e. The predicted molar refractivity (Wildman–Crippen MR) is 170 cm³/mol. The van der Waals surface area contributed by atoms with Crippen LogP contribution in [0.2, 0.25) is 0 Å². The van der Waals surface area contributed by atoms with E-state index in [0.717, 1.165) is 62.3 Å². The van der Waals surface area contributed by atoms with Crippen LogP contribution in [0, 0.1) is 52.3 Å². The number of rotatable bonds is 14. The van der Waals surface area contributed by atoms with Crippen molar-refractivity contribution in [3.05, 3.63) is 0 Å². The van der Waals surface area contributed by atoms with Gasteiger partial charge in [-0.25, -0.2) is 0 Å². The Morgan fingerprint density at radius 1 is 0.881 bits per heavy atom. The first kappa shape index (κ1) is 33.5. The zero-order valence-corrected chi connectivity index (χ0v) is 28.0. The predicted octanol–water partition coefficient (Wildman–Crippen LogP) is 8.68. The number of ether oxygens (including phenoxy) is 1. The quantitative estimate of drug-likeness (QED) is 0.163. The molecule has 1 N–H and O–H groups in total. The first-order valence-electron chi connectivity index (χ1n) is 17.9. The molecule has 0 aliphatic heterocycles. The van der Waals surface area contributed by atoms with E-state index < -0.39 is 0 Å². The molecule has 0 aromatic carbocycles. The maximum absolute atomic E-state index is 12.6. The van der Waals surface area contributed by atoms with Crippen LogP contribution in [0.4, 0.5) is 0 Å². The minimum absolute atomic E-state index is 0.0232. The zero-order chi connectivity index (χ0) is 30.5. The summed E-state index contributed by atoms with van der Waals surface area (Å²) in [5, 5.41) is 3.19. The molecule has 4 aliphatic carbocycles. The van der Waals surface area contributed by atoms with Gasteiger partial charge in [0.25, 0.3) is 0 Å². The third-order valence-corrected chi connectivity index (χ3v) is 13.1. The Kier molecular flexibility index (Phi) is 11.6. The number of nitrogens with one attached hydrogen (secondary N) is 1. The number of esters is 1. The molecular formula is C37H63NO4. The van der Waals surface area contributed by atoms with Crippen LogP contribution in [0.1, 0.15) is 151 Å². The van der Waals surface area contributed by atoms with Crippen molar-refractivity contribution in [1.29, 1.82) is 0 Å². The second-order valence-corrected chi connectivity index (χ2v) is 15.8. The van der Waals surface area contributed by atoms with Crippen LogP contribution in [-0.2, 0) is 19.1 Å². The van der Waals surface area contributed by atoms with E-state index in [1.165, 1.54) is 64.7 Å². The van der Waals surface area contributed by atoms with Gasteiger partial charge in [-0.3, -0.25) is 9.59 Å². The summed E-state index contributed by atoms with van der Waals surface area (Å²) in [6.07, 6.45) is 18.1. The lowest BCUT2D eigenvalue weighted by Gasteiger charge is -2.63. The third kappa shape index (κ3) is 7.45. The lowest BCUT2D eigenvalue weighted by molar-refractivity contribution is -0.169. The molecule has 0 aromatic heterocycles. The molecule has 0 radical (unpaired) electrons. The molecule has 10 atom stereocenters. The van der Waals surface area contributed by atoms with Crippen LogP contribution >= 0.6 is 0 Å². The Morgan fingerprint density at radius 2 is 1.60 bits per heavy atom. The minimum atomic E-state index is -0.194. The van der Waals surface area contributed by atoms with E-state index in [9.17, 15) is 14.4 Å². The number of fused-ring (bicyclic) bond motifs is 5. The second kappa shape index (κ2) is 14.6. The van der Waals surface area contributed by atoms with Gasteiger partial charge in [0.2, 0.25) is 5.91 Å². The maximum atomic E-state index is 12.6. The normalized spacial score (nSPS) is 38.1. The van der Waals surface area contributed by atoms with Crippen LogP contribution < -0.4 is 5.32 Å². The Hall–Kier alpha value is -1.39. The molecule has 4 saturated carbocycles. The van der Waals surface area contributed by atoms with Crippen LogP contribution in [-0.4, -0.2) is 30.3 Å². The van der Waals surface area contributed by atoms with Crippen molar-refractivity contribution in [2.45, 2.75) is 157 Å². The molecule has 0 saturated heterocycles. The van der Waals surface area contributed by atoms with Crippen molar-refractivity contribution < 1.29 is 19.1 Å². The summed E-state index contributed by atoms with van der Waals surface area (Å²) < 4.78 is 5.89. The number of carbonyl (C=O) groups excluding carboxylic acids is 3. The summed E-state index contributed by atoms with van der Waals surface area (Å²) in [5.74, 6) is 5.15. The molecule has 0 aromatic rings. The lowest BCUT2D eigenvalue weighted by Crippen LogP contribution is -2.56. The third-order valence-electron chi connectivity index (χ3n) is 13.1. The Labute approximate surface area is 257 Å². The molecule has 4 rings (SSSR count). The summed E-state index contributed by atoms with van der Waals surface area (Å²) in [5.41, 5.74) is 0.746. The van der Waals surface area contributed by atoms with E-state index in [4.69, 9.17) is 4.74 Å². The van der Waals surface area contributed by atoms with Crippen molar-refractivity contribution in [2.75, 3.05) is 6.54 Å². The van der Waals surface area contributed by atoms with Crippen molar-refractivity contribution in [1.82, 2.24) is 5.32 Å². The molecular weight excluding hydrogens is 522 g/mol. The molecule has 5 unspecified atom stereocenters. The van der Waals surface area contributed by atoms with Crippen LogP contribution in [0.5, 0.6) is 0 Å². The van der Waals surface area contributed by atoms with Crippen molar-refractivity contribution in [3.8, 4) is 0 Å². The highest BCUT2D eigenvalue weighted by Crippen LogP contribution is 2.69. The molecule has 5 nitrogen and oxygen atoms in total. The minimum Gasteiger partial charge on any atom is -0.462 e. The molecule has 0 bridgehead atoms. The summed E-state index contributed by atoms with van der Waals surface area (Å²) in [6.45, 7) is 14.8. The summed E-state index contributed by atoms with van der Waals surface area (Å²) in [4.78, 5) is 36.3. The standard InChI is InChI=1S/C37H63NO4/c1-7-8-9-10-11-22-38-33(40)16-12-25(2)30-14-15-31-35-26(3)23-28-24-29(42-34(41)17-13-27(4)39)18-20-36(28,5)32(35)19-21-37(30,31)6/h25-26,28-32,35H,7-24H2,1-6H3,(H,38,40)/t25-,26+,28?,29-,30?,31?,32?,35?,36+,37-/m1/s1. The fourth-order valence-corrected chi connectivity index (χ4v) is 10.8. The van der Waals surface area contributed by atoms with Gasteiger partial charge in [-0.05, 0) is 123 Å². The van der Waals surface area contributed by atoms with Gasteiger partial charge < -0.3 is 14.8 Å². The number of carbonyl (C=O) groups is 3. The van der Waals surface area contributed by atoms with Gasteiger partial charge in [-0.1, -0.05) is 60.3 Å². The Morgan fingerprint density at radius 3 is 2.33 bits per heavy atom.